The minimum absolute atomic E-state index is 1.04. The number of nitrogens with zero attached hydrogens (tertiary/aromatic N) is 2. The molecule has 1 aliphatic carbocycles. The summed E-state index contributed by atoms with van der Waals surface area (Å²) in [5.41, 5.74) is 8.38. The van der Waals surface area contributed by atoms with Crippen LogP contribution in [0.1, 0.15) is 12.8 Å². The van der Waals surface area contributed by atoms with Crippen LogP contribution in [-0.2, 0) is 0 Å². The van der Waals surface area contributed by atoms with Gasteiger partial charge in [-0.2, -0.15) is 0 Å². The van der Waals surface area contributed by atoms with Crippen LogP contribution in [0.15, 0.2) is 158 Å². The lowest BCUT2D eigenvalue weighted by atomic mass is 9.97. The first-order valence-corrected chi connectivity index (χ1v) is 14.7. The van der Waals surface area contributed by atoms with E-state index in [0.717, 1.165) is 24.2 Å². The molecule has 0 aliphatic heterocycles. The molecule has 6 aromatic carbocycles. The molecule has 200 valence electrons. The second kappa shape index (κ2) is 10.2. The molecule has 8 rings (SSSR count). The Labute approximate surface area is 246 Å². The molecule has 0 saturated heterocycles. The van der Waals surface area contributed by atoms with Crippen molar-refractivity contribution in [2.75, 3.05) is 4.90 Å². The Hall–Kier alpha value is -5.34. The smallest absolute Gasteiger partial charge is 0.0777 e. The molecular formula is C40H30N2. The Morgan fingerprint density at radius 1 is 0.500 bits per heavy atom. The zero-order valence-corrected chi connectivity index (χ0v) is 23.3. The van der Waals surface area contributed by atoms with Crippen molar-refractivity contribution < 1.29 is 0 Å². The topological polar surface area (TPSA) is 8.17 Å². The molecular weight excluding hydrogens is 508 g/mol. The molecule has 42 heavy (non-hydrogen) atoms. The molecule has 0 saturated carbocycles. The van der Waals surface area contributed by atoms with E-state index in [4.69, 9.17) is 0 Å². The summed E-state index contributed by atoms with van der Waals surface area (Å²) < 4.78 is 2.42. The largest absolute Gasteiger partial charge is 0.314 e. The van der Waals surface area contributed by atoms with Crippen molar-refractivity contribution in [1.82, 2.24) is 4.57 Å². The van der Waals surface area contributed by atoms with E-state index in [1.807, 2.05) is 0 Å². The number of fused-ring (bicyclic) bond motifs is 3. The van der Waals surface area contributed by atoms with Crippen molar-refractivity contribution in [3.05, 3.63) is 158 Å². The molecule has 0 spiro atoms. The van der Waals surface area contributed by atoms with Crippen LogP contribution < -0.4 is 4.90 Å². The summed E-state index contributed by atoms with van der Waals surface area (Å²) in [5.74, 6) is 0. The summed E-state index contributed by atoms with van der Waals surface area (Å²) >= 11 is 0. The maximum atomic E-state index is 2.43. The summed E-state index contributed by atoms with van der Waals surface area (Å²) in [6.07, 6.45) is 11.4. The molecule has 0 amide bonds. The van der Waals surface area contributed by atoms with Gasteiger partial charge in [-0.05, 0) is 64.9 Å². The zero-order valence-electron chi connectivity index (χ0n) is 23.3. The molecule has 1 aromatic heterocycles. The van der Waals surface area contributed by atoms with Crippen LogP contribution in [0.25, 0.3) is 49.3 Å². The van der Waals surface area contributed by atoms with E-state index in [-0.39, 0.29) is 0 Å². The van der Waals surface area contributed by atoms with Crippen molar-refractivity contribution in [3.8, 4) is 11.1 Å². The van der Waals surface area contributed by atoms with Crippen LogP contribution in [0.5, 0.6) is 0 Å². The van der Waals surface area contributed by atoms with E-state index in [1.54, 1.807) is 0 Å². The van der Waals surface area contributed by atoms with Gasteiger partial charge >= 0.3 is 0 Å². The minimum atomic E-state index is 1.04. The standard InChI is InChI=1S/C40H30N2/c1-3-18-31(19-4-1)41-28-37(35-24-11-16-29-14-7-9-22-33(29)35)36-25-13-27-39(40(36)41)42(32-20-5-2-6-21-32)38-26-12-17-30-15-8-10-23-34(30)38/h2-3,5-28H,1,4H2. The van der Waals surface area contributed by atoms with Gasteiger partial charge in [-0.25, -0.2) is 0 Å². The molecule has 7 aromatic rings. The van der Waals surface area contributed by atoms with Gasteiger partial charge in [0.1, 0.15) is 0 Å². The van der Waals surface area contributed by atoms with E-state index < -0.39 is 0 Å². The summed E-state index contributed by atoms with van der Waals surface area (Å²) in [6, 6.07) is 48.1. The summed E-state index contributed by atoms with van der Waals surface area (Å²) in [6.45, 7) is 0. The second-order valence-electron chi connectivity index (χ2n) is 10.9. The number of para-hydroxylation sites is 2. The molecule has 1 heterocycles. The Kier molecular flexibility index (Phi) is 5.97. The number of benzene rings is 6. The Morgan fingerprint density at radius 2 is 1.14 bits per heavy atom. The number of hydrogen-bond acceptors (Lipinski definition) is 1. The Balaban J connectivity index is 1.47. The van der Waals surface area contributed by atoms with E-state index in [9.17, 15) is 0 Å². The van der Waals surface area contributed by atoms with Gasteiger partial charge in [0.2, 0.25) is 0 Å². The first-order valence-electron chi connectivity index (χ1n) is 14.7. The van der Waals surface area contributed by atoms with Gasteiger partial charge in [-0.1, -0.05) is 121 Å². The average molecular weight is 539 g/mol. The highest BCUT2D eigenvalue weighted by Crippen LogP contribution is 2.46. The van der Waals surface area contributed by atoms with Crippen LogP contribution >= 0.6 is 0 Å². The second-order valence-corrected chi connectivity index (χ2v) is 10.9. The molecule has 0 radical (unpaired) electrons. The molecule has 0 bridgehead atoms. The fourth-order valence-corrected chi connectivity index (χ4v) is 6.49. The highest BCUT2D eigenvalue weighted by molar-refractivity contribution is 6.12. The van der Waals surface area contributed by atoms with Crippen LogP contribution in [-0.4, -0.2) is 4.57 Å². The van der Waals surface area contributed by atoms with Crippen molar-refractivity contribution in [3.63, 3.8) is 0 Å². The van der Waals surface area contributed by atoms with Crippen molar-refractivity contribution >= 4 is 55.2 Å². The highest BCUT2D eigenvalue weighted by Gasteiger charge is 2.23. The third-order valence-corrected chi connectivity index (χ3v) is 8.40. The van der Waals surface area contributed by atoms with Gasteiger partial charge in [0.25, 0.3) is 0 Å². The monoisotopic (exact) mass is 538 g/mol. The van der Waals surface area contributed by atoms with E-state index in [0.29, 0.717) is 0 Å². The fraction of sp³-hybridized carbons (Fsp3) is 0.0500. The number of aromatic nitrogens is 1. The maximum absolute atomic E-state index is 2.43. The lowest BCUT2D eigenvalue weighted by molar-refractivity contribution is 1.01. The molecule has 0 N–H and O–H groups in total. The Bertz CT molecular complexity index is 2140. The van der Waals surface area contributed by atoms with Crippen LogP contribution in [0.4, 0.5) is 17.1 Å². The summed E-state index contributed by atoms with van der Waals surface area (Å²) in [5, 5.41) is 6.22. The maximum Gasteiger partial charge on any atom is 0.0777 e. The van der Waals surface area contributed by atoms with Gasteiger partial charge in [0.15, 0.2) is 0 Å². The van der Waals surface area contributed by atoms with E-state index in [1.165, 1.54) is 55.0 Å². The van der Waals surface area contributed by atoms with Gasteiger partial charge < -0.3 is 9.47 Å². The highest BCUT2D eigenvalue weighted by atomic mass is 15.2. The van der Waals surface area contributed by atoms with E-state index >= 15 is 0 Å². The predicted octanol–water partition coefficient (Wildman–Crippen LogP) is 11.3. The quantitative estimate of drug-likeness (QED) is 0.212. The summed E-state index contributed by atoms with van der Waals surface area (Å²) in [4.78, 5) is 2.43. The molecule has 2 nitrogen and oxygen atoms in total. The van der Waals surface area contributed by atoms with Crippen LogP contribution in [0.3, 0.4) is 0 Å². The van der Waals surface area contributed by atoms with Gasteiger partial charge in [0, 0.05) is 33.9 Å². The first-order chi connectivity index (χ1) is 20.9. The van der Waals surface area contributed by atoms with Gasteiger partial charge in [0.05, 0.1) is 16.9 Å². The predicted molar refractivity (Wildman–Crippen MR) is 180 cm³/mol. The average Bonchev–Trinajstić information content (AvgIpc) is 3.46. The number of allylic oxidation sites excluding steroid dienone is 4. The lowest BCUT2D eigenvalue weighted by Gasteiger charge is -2.28. The number of hydrogen-bond donors (Lipinski definition) is 0. The fourth-order valence-electron chi connectivity index (χ4n) is 6.49. The first kappa shape index (κ1) is 24.5. The van der Waals surface area contributed by atoms with Crippen molar-refractivity contribution in [2.24, 2.45) is 0 Å². The normalized spacial score (nSPS) is 13.1. The molecule has 0 atom stereocenters. The molecule has 0 fully saturated rings. The van der Waals surface area contributed by atoms with Crippen LogP contribution in [0.2, 0.25) is 0 Å². The Morgan fingerprint density at radius 3 is 1.95 bits per heavy atom. The third kappa shape index (κ3) is 4.03. The number of anilines is 3. The van der Waals surface area contributed by atoms with E-state index in [2.05, 4.69) is 167 Å². The van der Waals surface area contributed by atoms with Crippen molar-refractivity contribution in [1.29, 1.82) is 0 Å². The summed E-state index contributed by atoms with van der Waals surface area (Å²) in [7, 11) is 0. The molecule has 0 unspecified atom stereocenters. The minimum Gasteiger partial charge on any atom is -0.314 e. The van der Waals surface area contributed by atoms with Crippen molar-refractivity contribution in [2.45, 2.75) is 12.8 Å². The lowest BCUT2D eigenvalue weighted by Crippen LogP contribution is -2.12. The molecule has 2 heteroatoms. The van der Waals surface area contributed by atoms with Crippen LogP contribution in [0, 0.1) is 0 Å². The molecule has 1 aliphatic rings. The number of rotatable bonds is 5. The van der Waals surface area contributed by atoms with Gasteiger partial charge in [-0.3, -0.25) is 0 Å². The SMILES string of the molecule is C1=CC(n2cc(-c3cccc4ccccc34)c3cccc(N(c4ccccc4)c4cccc5ccccc45)c32)=CCC1. The third-order valence-electron chi connectivity index (χ3n) is 8.40. The zero-order chi connectivity index (χ0) is 27.9. The van der Waals surface area contributed by atoms with Gasteiger partial charge in [-0.15, -0.1) is 0 Å².